The molecule has 0 N–H and O–H groups in total. The maximum absolute atomic E-state index is 6.64. The van der Waals surface area contributed by atoms with E-state index in [4.69, 9.17) is 23.9 Å². The van der Waals surface area contributed by atoms with Crippen molar-refractivity contribution in [2.45, 2.75) is 175 Å². The number of nitrogens with zero attached hydrogens (tertiary/aromatic N) is 2. The lowest BCUT2D eigenvalue weighted by molar-refractivity contribution is -0.304. The van der Waals surface area contributed by atoms with E-state index in [1.54, 1.807) is 0 Å². The van der Waals surface area contributed by atoms with Crippen LogP contribution in [0.15, 0.2) is 66.7 Å². The Morgan fingerprint density at radius 3 is 1.33 bits per heavy atom. The molecule has 0 saturated carbocycles. The first-order valence-corrected chi connectivity index (χ1v) is 21.8. The van der Waals surface area contributed by atoms with Gasteiger partial charge >= 0.3 is 0 Å². The van der Waals surface area contributed by atoms with Crippen molar-refractivity contribution < 1.29 is 23.9 Å². The third kappa shape index (κ3) is 12.0. The first-order chi connectivity index (χ1) is 26.0. The van der Waals surface area contributed by atoms with E-state index in [0.717, 1.165) is 89.8 Å². The fourth-order valence-electron chi connectivity index (χ4n) is 8.43. The van der Waals surface area contributed by atoms with Crippen molar-refractivity contribution in [3.8, 4) is 11.5 Å². The van der Waals surface area contributed by atoms with E-state index in [2.05, 4.69) is 156 Å². The third-order valence-corrected chi connectivity index (χ3v) is 12.0. The van der Waals surface area contributed by atoms with Gasteiger partial charge < -0.3 is 14.2 Å². The molecule has 8 heteroatoms. The highest BCUT2D eigenvalue weighted by Gasteiger charge is 2.44. The van der Waals surface area contributed by atoms with Crippen LogP contribution in [0.1, 0.15) is 161 Å². The molecule has 2 fully saturated rings. The Balaban J connectivity index is 1.20. The van der Waals surface area contributed by atoms with Crippen molar-refractivity contribution in [1.82, 2.24) is 10.1 Å². The number of halogens is 1. The highest BCUT2D eigenvalue weighted by molar-refractivity contribution is 9.09. The summed E-state index contributed by atoms with van der Waals surface area (Å²) < 4.78 is 18.8. The van der Waals surface area contributed by atoms with E-state index >= 15 is 0 Å². The molecule has 5 rings (SSSR count). The monoisotopic (exact) mass is 820 g/mol. The predicted molar refractivity (Wildman–Crippen MR) is 227 cm³/mol. The SMILES string of the molecule is CC(ON1C(C)(C)CCCC1(C)C)c1ccc(COc2cc(COCCCCBr)cc(OCc3ccc(C(C)ON4C(C)(C)CCCC4(C)C)cc3)c2)cc1. The van der Waals surface area contributed by atoms with Crippen molar-refractivity contribution in [1.29, 1.82) is 0 Å². The van der Waals surface area contributed by atoms with Crippen LogP contribution >= 0.6 is 15.9 Å². The average molecular weight is 822 g/mol. The minimum atomic E-state index is -0.0511. The Morgan fingerprint density at radius 2 is 0.945 bits per heavy atom. The van der Waals surface area contributed by atoms with Gasteiger partial charge in [0.25, 0.3) is 0 Å². The summed E-state index contributed by atoms with van der Waals surface area (Å²) in [6.07, 6.45) is 9.00. The summed E-state index contributed by atoms with van der Waals surface area (Å²) in [6.45, 7) is 24.7. The van der Waals surface area contributed by atoms with Crippen LogP contribution in [0.2, 0.25) is 0 Å². The Kier molecular flexibility index (Phi) is 15.0. The van der Waals surface area contributed by atoms with Crippen LogP contribution < -0.4 is 9.47 Å². The topological polar surface area (TPSA) is 52.6 Å². The van der Waals surface area contributed by atoms with Crippen molar-refractivity contribution in [3.05, 3.63) is 94.5 Å². The van der Waals surface area contributed by atoms with Gasteiger partial charge in [-0.05, 0) is 161 Å². The summed E-state index contributed by atoms with van der Waals surface area (Å²) in [5.41, 5.74) is 5.53. The number of unbranched alkanes of at least 4 members (excludes halogenated alkanes) is 1. The van der Waals surface area contributed by atoms with Crippen LogP contribution in [0.4, 0.5) is 0 Å². The van der Waals surface area contributed by atoms with Crippen molar-refractivity contribution >= 4 is 15.9 Å². The molecule has 3 aromatic carbocycles. The number of hydrogen-bond acceptors (Lipinski definition) is 7. The summed E-state index contributed by atoms with van der Waals surface area (Å²) in [5.74, 6) is 1.52. The summed E-state index contributed by atoms with van der Waals surface area (Å²) in [5, 5.41) is 5.47. The first-order valence-electron chi connectivity index (χ1n) is 20.6. The van der Waals surface area contributed by atoms with Gasteiger partial charge in [-0.25, -0.2) is 0 Å². The third-order valence-electron chi connectivity index (χ3n) is 11.5. The highest BCUT2D eigenvalue weighted by Crippen LogP contribution is 2.42. The van der Waals surface area contributed by atoms with Gasteiger partial charge in [-0.1, -0.05) is 64.5 Å². The molecule has 7 nitrogen and oxygen atoms in total. The smallest absolute Gasteiger partial charge is 0.123 e. The quantitative estimate of drug-likeness (QED) is 0.0935. The summed E-state index contributed by atoms with van der Waals surface area (Å²) in [6, 6.07) is 23.3. The van der Waals surface area contributed by atoms with Crippen molar-refractivity contribution in [2.24, 2.45) is 0 Å². The number of benzene rings is 3. The van der Waals surface area contributed by atoms with E-state index in [9.17, 15) is 0 Å². The number of hydroxylamine groups is 4. The maximum Gasteiger partial charge on any atom is 0.123 e. The van der Waals surface area contributed by atoms with Gasteiger partial charge in [0.2, 0.25) is 0 Å². The molecule has 0 amide bonds. The lowest BCUT2D eigenvalue weighted by Crippen LogP contribution is -2.58. The Hall–Kier alpha value is -2.46. The Bertz CT molecular complexity index is 1490. The highest BCUT2D eigenvalue weighted by atomic mass is 79.9. The van der Waals surface area contributed by atoms with Crippen LogP contribution in [0, 0.1) is 0 Å². The molecule has 0 aliphatic carbocycles. The van der Waals surface area contributed by atoms with Gasteiger partial charge in [0, 0.05) is 40.2 Å². The fourth-order valence-corrected chi connectivity index (χ4v) is 8.83. The normalized spacial score (nSPS) is 20.5. The zero-order valence-electron chi connectivity index (χ0n) is 35.5. The lowest BCUT2D eigenvalue weighted by atomic mass is 9.82. The molecule has 3 aromatic rings. The second-order valence-electron chi connectivity index (χ2n) is 18.4. The zero-order chi connectivity index (χ0) is 39.9. The molecule has 2 atom stereocenters. The van der Waals surface area contributed by atoms with Crippen LogP contribution in [0.25, 0.3) is 0 Å². The molecule has 304 valence electrons. The molecule has 2 heterocycles. The zero-order valence-corrected chi connectivity index (χ0v) is 37.1. The largest absolute Gasteiger partial charge is 0.489 e. The van der Waals surface area contributed by atoms with E-state index in [1.807, 2.05) is 6.07 Å². The molecule has 2 aliphatic heterocycles. The van der Waals surface area contributed by atoms with Gasteiger partial charge in [0.15, 0.2) is 0 Å². The minimum absolute atomic E-state index is 0.000418. The number of hydrogen-bond donors (Lipinski definition) is 0. The molecule has 55 heavy (non-hydrogen) atoms. The second kappa shape index (κ2) is 18.9. The van der Waals surface area contributed by atoms with E-state index in [0.29, 0.717) is 19.8 Å². The first kappa shape index (κ1) is 43.7. The minimum Gasteiger partial charge on any atom is -0.489 e. The number of piperidine rings is 2. The maximum atomic E-state index is 6.64. The van der Waals surface area contributed by atoms with Crippen LogP contribution in [-0.4, -0.2) is 44.2 Å². The average Bonchev–Trinajstić information content (AvgIpc) is 3.13. The van der Waals surface area contributed by atoms with Gasteiger partial charge in [-0.15, -0.1) is 0 Å². The molecule has 2 saturated heterocycles. The Labute approximate surface area is 341 Å². The molecule has 0 radical (unpaired) electrons. The number of alkyl halides is 1. The van der Waals surface area contributed by atoms with E-state index in [-0.39, 0.29) is 34.4 Å². The molecule has 0 spiro atoms. The van der Waals surface area contributed by atoms with E-state index < -0.39 is 0 Å². The standard InChI is InChI=1S/C47H69BrN2O5/c1-35(54-49-44(3,4)23-13-24-45(49,5)6)40-19-15-37(16-20-40)33-52-42-29-39(32-51-28-12-11-27-48)30-43(31-42)53-34-38-17-21-41(22-18-38)36(2)55-50-46(7,8)25-14-26-47(50,9)10/h15-22,29-31,35-36H,11-14,23-28,32-34H2,1-10H3. The molecule has 2 unspecified atom stereocenters. The van der Waals surface area contributed by atoms with E-state index in [1.165, 1.54) is 12.8 Å². The van der Waals surface area contributed by atoms with Gasteiger partial charge in [-0.2, -0.15) is 10.1 Å². The van der Waals surface area contributed by atoms with Gasteiger partial charge in [0.05, 0.1) is 6.61 Å². The molecule has 2 aliphatic rings. The summed E-state index contributed by atoms with van der Waals surface area (Å²) in [7, 11) is 0. The van der Waals surface area contributed by atoms with Crippen molar-refractivity contribution in [2.75, 3.05) is 11.9 Å². The lowest BCUT2D eigenvalue weighted by Gasteiger charge is -2.52. The predicted octanol–water partition coefficient (Wildman–Crippen LogP) is 12.6. The molecule has 0 aromatic heterocycles. The Morgan fingerprint density at radius 1 is 0.545 bits per heavy atom. The fraction of sp³-hybridized carbons (Fsp3) is 0.617. The molecule has 0 bridgehead atoms. The number of ether oxygens (including phenoxy) is 3. The van der Waals surface area contributed by atoms with Crippen LogP contribution in [0.5, 0.6) is 11.5 Å². The van der Waals surface area contributed by atoms with Gasteiger partial charge in [-0.3, -0.25) is 9.68 Å². The van der Waals surface area contributed by atoms with Gasteiger partial charge in [0.1, 0.15) is 36.9 Å². The van der Waals surface area contributed by atoms with Crippen LogP contribution in [-0.2, 0) is 34.2 Å². The molecular formula is C47H69BrN2O5. The summed E-state index contributed by atoms with van der Waals surface area (Å²) >= 11 is 3.51. The summed E-state index contributed by atoms with van der Waals surface area (Å²) in [4.78, 5) is 13.3. The van der Waals surface area contributed by atoms with Crippen LogP contribution in [0.3, 0.4) is 0 Å². The van der Waals surface area contributed by atoms with Crippen molar-refractivity contribution in [3.63, 3.8) is 0 Å². The number of rotatable bonds is 18. The molecular weight excluding hydrogens is 752 g/mol. The second-order valence-corrected chi connectivity index (χ2v) is 19.2.